The Hall–Kier alpha value is -1.08. The summed E-state index contributed by atoms with van der Waals surface area (Å²) < 4.78 is 28.3. The second kappa shape index (κ2) is 8.38. The molecule has 0 unspecified atom stereocenters. The fraction of sp³-hybridized carbons (Fsp3) is 0.786. The minimum Gasteiger partial charge on any atom is -0.381 e. The van der Waals surface area contributed by atoms with Gasteiger partial charge in [-0.15, -0.1) is 0 Å². The van der Waals surface area contributed by atoms with E-state index in [1.807, 2.05) is 6.92 Å². The highest BCUT2D eigenvalue weighted by molar-refractivity contribution is 7.89. The molecular weight excluding hydrogens is 288 g/mol. The number of unbranched alkanes of at least 4 members (excludes halogenated alkanes) is 3. The van der Waals surface area contributed by atoms with Crippen molar-refractivity contribution in [2.24, 2.45) is 5.92 Å². The van der Waals surface area contributed by atoms with Gasteiger partial charge in [0.1, 0.15) is 4.90 Å². The highest BCUT2D eigenvalue weighted by Crippen LogP contribution is 2.16. The molecule has 0 aliphatic carbocycles. The summed E-state index contributed by atoms with van der Waals surface area (Å²) in [5, 5.41) is 3.96. The number of hydrogen-bond acceptors (Lipinski definition) is 4. The maximum atomic E-state index is 12.1. The minimum atomic E-state index is -3.54. The Balaban J connectivity index is 2.35. The van der Waals surface area contributed by atoms with E-state index in [2.05, 4.69) is 23.7 Å². The number of anilines is 1. The van der Waals surface area contributed by atoms with Crippen LogP contribution in [0.4, 0.5) is 5.82 Å². The normalized spacial score (nSPS) is 12.2. The fourth-order valence-corrected chi connectivity index (χ4v) is 3.25. The van der Waals surface area contributed by atoms with Crippen LogP contribution in [0, 0.1) is 5.92 Å². The van der Waals surface area contributed by atoms with Crippen molar-refractivity contribution >= 4 is 15.8 Å². The molecule has 0 fully saturated rings. The van der Waals surface area contributed by atoms with E-state index in [1.54, 1.807) is 0 Å². The highest BCUT2D eigenvalue weighted by atomic mass is 32.2. The van der Waals surface area contributed by atoms with E-state index in [9.17, 15) is 8.42 Å². The topological polar surface area (TPSA) is 90.0 Å². The second-order valence-electron chi connectivity index (χ2n) is 5.73. The third-order valence-corrected chi connectivity index (χ3v) is 4.85. The number of nitrogens with zero attached hydrogens (tertiary/aromatic N) is 2. The lowest BCUT2D eigenvalue weighted by molar-refractivity contribution is 0.517. The van der Waals surface area contributed by atoms with Gasteiger partial charge in [-0.05, 0) is 19.3 Å². The number of nitrogen functional groups attached to an aromatic ring is 1. The minimum absolute atomic E-state index is 0.0567. The molecule has 122 valence electrons. The van der Waals surface area contributed by atoms with Crippen molar-refractivity contribution in [3.05, 3.63) is 6.20 Å². The number of sulfonamides is 1. The molecular formula is C14H28N4O2S. The van der Waals surface area contributed by atoms with Gasteiger partial charge >= 0.3 is 0 Å². The van der Waals surface area contributed by atoms with Crippen LogP contribution >= 0.6 is 0 Å². The Morgan fingerprint density at radius 3 is 2.52 bits per heavy atom. The van der Waals surface area contributed by atoms with E-state index in [1.165, 1.54) is 23.7 Å². The van der Waals surface area contributed by atoms with Gasteiger partial charge in [-0.3, -0.25) is 4.68 Å². The lowest BCUT2D eigenvalue weighted by atomic mass is 10.0. The van der Waals surface area contributed by atoms with Crippen LogP contribution in [0.25, 0.3) is 0 Å². The number of nitrogens with one attached hydrogen (secondary N) is 1. The lowest BCUT2D eigenvalue weighted by Crippen LogP contribution is -2.25. The number of aromatic nitrogens is 2. The first-order chi connectivity index (χ1) is 9.86. The Bertz CT molecular complexity index is 523. The molecule has 0 bridgehead atoms. The lowest BCUT2D eigenvalue weighted by Gasteiger charge is -2.06. The molecule has 0 radical (unpaired) electrons. The largest absolute Gasteiger partial charge is 0.381 e. The van der Waals surface area contributed by atoms with Crippen LogP contribution in [-0.2, 0) is 16.6 Å². The smallest absolute Gasteiger partial charge is 0.245 e. The summed E-state index contributed by atoms with van der Waals surface area (Å²) in [4.78, 5) is 0.0733. The van der Waals surface area contributed by atoms with Gasteiger partial charge in [0.05, 0.1) is 0 Å². The molecule has 0 spiro atoms. The molecule has 0 amide bonds. The molecule has 21 heavy (non-hydrogen) atoms. The fourth-order valence-electron chi connectivity index (χ4n) is 2.10. The summed E-state index contributed by atoms with van der Waals surface area (Å²) >= 11 is 0. The Morgan fingerprint density at radius 2 is 1.95 bits per heavy atom. The molecule has 1 aromatic heterocycles. The third-order valence-electron chi connectivity index (χ3n) is 3.37. The van der Waals surface area contributed by atoms with Crippen LogP contribution in [0.5, 0.6) is 0 Å². The molecule has 0 aliphatic rings. The molecule has 1 rings (SSSR count). The van der Waals surface area contributed by atoms with Gasteiger partial charge in [-0.25, -0.2) is 13.1 Å². The zero-order valence-corrected chi connectivity index (χ0v) is 14.1. The molecule has 1 heterocycles. The second-order valence-corrected chi connectivity index (χ2v) is 7.46. The number of aryl methyl sites for hydroxylation is 1. The SMILES string of the molecule is CCn1cc(S(=O)(=O)NCCCCCCC(C)C)c(N)n1. The maximum Gasteiger partial charge on any atom is 0.245 e. The predicted molar refractivity (Wildman–Crippen MR) is 85.4 cm³/mol. The Kier molecular flexibility index (Phi) is 7.17. The molecule has 0 aliphatic heterocycles. The van der Waals surface area contributed by atoms with Gasteiger partial charge in [-0.2, -0.15) is 5.10 Å². The Labute approximate surface area is 128 Å². The molecule has 0 saturated heterocycles. The summed E-state index contributed by atoms with van der Waals surface area (Å²) in [6, 6.07) is 0. The van der Waals surface area contributed by atoms with Crippen molar-refractivity contribution in [1.29, 1.82) is 0 Å². The molecule has 6 nitrogen and oxygen atoms in total. The number of hydrogen-bond donors (Lipinski definition) is 2. The van der Waals surface area contributed by atoms with Gasteiger partial charge in [0.25, 0.3) is 0 Å². The quantitative estimate of drug-likeness (QED) is 0.648. The zero-order chi connectivity index (χ0) is 15.9. The summed E-state index contributed by atoms with van der Waals surface area (Å²) in [6.07, 6.45) is 6.95. The molecule has 3 N–H and O–H groups in total. The maximum absolute atomic E-state index is 12.1. The van der Waals surface area contributed by atoms with Crippen LogP contribution in [-0.4, -0.2) is 24.7 Å². The average molecular weight is 316 g/mol. The van der Waals surface area contributed by atoms with Gasteiger partial charge in [0, 0.05) is 19.3 Å². The summed E-state index contributed by atoms with van der Waals surface area (Å²) in [6.45, 7) is 7.35. The molecule has 0 saturated carbocycles. The number of rotatable bonds is 10. The third kappa shape index (κ3) is 6.05. The van der Waals surface area contributed by atoms with Crippen LogP contribution in [0.1, 0.15) is 52.9 Å². The summed E-state index contributed by atoms with van der Waals surface area (Å²) in [7, 11) is -3.54. The van der Waals surface area contributed by atoms with E-state index < -0.39 is 10.0 Å². The van der Waals surface area contributed by atoms with Gasteiger partial charge in [0.15, 0.2) is 5.82 Å². The first-order valence-electron chi connectivity index (χ1n) is 7.69. The van der Waals surface area contributed by atoms with E-state index >= 15 is 0 Å². The van der Waals surface area contributed by atoms with Crippen LogP contribution in [0.2, 0.25) is 0 Å². The Morgan fingerprint density at radius 1 is 1.29 bits per heavy atom. The monoisotopic (exact) mass is 316 g/mol. The van der Waals surface area contributed by atoms with E-state index in [0.717, 1.165) is 25.2 Å². The summed E-state index contributed by atoms with van der Waals surface area (Å²) in [5.41, 5.74) is 5.65. The van der Waals surface area contributed by atoms with Crippen molar-refractivity contribution in [2.45, 2.75) is 64.3 Å². The standard InChI is InChI=1S/C14H28N4O2S/c1-4-18-11-13(14(15)17-18)21(19,20)16-10-8-6-5-7-9-12(2)3/h11-12,16H,4-10H2,1-3H3,(H2,15,17). The molecule has 1 aromatic rings. The van der Waals surface area contributed by atoms with E-state index in [-0.39, 0.29) is 10.7 Å². The first kappa shape index (κ1) is 18.0. The molecule has 0 aromatic carbocycles. The van der Waals surface area contributed by atoms with Crippen LogP contribution < -0.4 is 10.5 Å². The first-order valence-corrected chi connectivity index (χ1v) is 9.17. The van der Waals surface area contributed by atoms with Crippen LogP contribution in [0.3, 0.4) is 0 Å². The van der Waals surface area contributed by atoms with Gasteiger partial charge < -0.3 is 5.73 Å². The molecule has 0 atom stereocenters. The van der Waals surface area contributed by atoms with Crippen molar-refractivity contribution in [3.63, 3.8) is 0 Å². The van der Waals surface area contributed by atoms with Crippen molar-refractivity contribution in [1.82, 2.24) is 14.5 Å². The molecule has 7 heteroatoms. The van der Waals surface area contributed by atoms with Crippen LogP contribution in [0.15, 0.2) is 11.1 Å². The van der Waals surface area contributed by atoms with E-state index in [0.29, 0.717) is 13.1 Å². The van der Waals surface area contributed by atoms with Gasteiger partial charge in [0.2, 0.25) is 10.0 Å². The predicted octanol–water partition coefficient (Wildman–Crippen LogP) is 2.37. The number of nitrogens with two attached hydrogens (primary N) is 1. The van der Waals surface area contributed by atoms with Crippen molar-refractivity contribution in [2.75, 3.05) is 12.3 Å². The van der Waals surface area contributed by atoms with Crippen molar-refractivity contribution < 1.29 is 8.42 Å². The highest BCUT2D eigenvalue weighted by Gasteiger charge is 2.20. The van der Waals surface area contributed by atoms with Crippen molar-refractivity contribution in [3.8, 4) is 0 Å². The average Bonchev–Trinajstić information content (AvgIpc) is 2.79. The summed E-state index contributed by atoms with van der Waals surface area (Å²) in [5.74, 6) is 0.794. The van der Waals surface area contributed by atoms with Gasteiger partial charge in [-0.1, -0.05) is 39.5 Å². The zero-order valence-electron chi connectivity index (χ0n) is 13.3. The van der Waals surface area contributed by atoms with E-state index in [4.69, 9.17) is 5.73 Å².